The lowest BCUT2D eigenvalue weighted by atomic mass is 10.0. The third-order valence-corrected chi connectivity index (χ3v) is 8.53. The normalized spacial score (nSPS) is 15.3. The van der Waals surface area contributed by atoms with Crippen LogP contribution in [-0.4, -0.2) is 42.9 Å². The van der Waals surface area contributed by atoms with Crippen molar-refractivity contribution < 1.29 is 18.5 Å². The summed E-state index contributed by atoms with van der Waals surface area (Å²) in [5.74, 6) is -0.355. The number of quaternary nitrogens is 1. The summed E-state index contributed by atoms with van der Waals surface area (Å²) in [6, 6.07) is 0. The Hall–Kier alpha value is -0.150. The van der Waals surface area contributed by atoms with Gasteiger partial charge in [0, 0.05) is 6.42 Å². The predicted molar refractivity (Wildman–Crippen MR) is 141 cm³/mol. The smallest absolute Gasteiger partial charge is 0.320 e. The summed E-state index contributed by atoms with van der Waals surface area (Å²) in [5.41, 5.74) is 0. The average Bonchev–Trinajstić information content (AvgIpc) is 2.72. The van der Waals surface area contributed by atoms with Crippen molar-refractivity contribution in [3.8, 4) is 0 Å². The molecule has 0 bridgehead atoms. The highest BCUT2D eigenvalue weighted by atomic mass is 31.2. The van der Waals surface area contributed by atoms with Crippen LogP contribution < -0.4 is 0 Å². The lowest BCUT2D eigenvalue weighted by Gasteiger charge is -2.35. The lowest BCUT2D eigenvalue weighted by molar-refractivity contribution is -0.883. The Morgan fingerprint density at radius 2 is 1.16 bits per heavy atom. The van der Waals surface area contributed by atoms with E-state index >= 15 is 0 Å². The van der Waals surface area contributed by atoms with Crippen molar-refractivity contribution >= 4 is 7.60 Å². The minimum absolute atomic E-state index is 0.323. The van der Waals surface area contributed by atoms with Gasteiger partial charge >= 0.3 is 7.60 Å². The molecule has 0 saturated heterocycles. The summed E-state index contributed by atoms with van der Waals surface area (Å²) < 4.78 is 18.5. The summed E-state index contributed by atoms with van der Waals surface area (Å²) in [4.78, 5) is 10.4. The molecule has 0 aromatic carbocycles. The molecule has 0 aromatic heterocycles. The number of hydrogen-bond donors (Lipinski definition) is 1. The van der Waals surface area contributed by atoms with Gasteiger partial charge in [0.25, 0.3) is 0 Å². The summed E-state index contributed by atoms with van der Waals surface area (Å²) in [6.07, 6.45) is 27.2. The molecule has 0 radical (unpaired) electrons. The van der Waals surface area contributed by atoms with Crippen molar-refractivity contribution in [1.82, 2.24) is 0 Å². The summed E-state index contributed by atoms with van der Waals surface area (Å²) in [5, 5.41) is 0. The Morgan fingerprint density at radius 3 is 1.59 bits per heavy atom. The molecular weight excluding hydrogens is 417 g/mol. The zero-order valence-corrected chi connectivity index (χ0v) is 23.2. The van der Waals surface area contributed by atoms with Gasteiger partial charge < -0.3 is 13.9 Å². The molecule has 0 aliphatic rings. The van der Waals surface area contributed by atoms with E-state index in [1.165, 1.54) is 89.9 Å². The zero-order valence-electron chi connectivity index (χ0n) is 22.3. The van der Waals surface area contributed by atoms with Crippen LogP contribution >= 0.6 is 7.60 Å². The Bertz CT molecular complexity index is 488. The number of unbranched alkanes of at least 4 members (excludes halogenated alkanes) is 14. The fourth-order valence-electron chi connectivity index (χ4n) is 4.28. The van der Waals surface area contributed by atoms with Gasteiger partial charge in [0.05, 0.1) is 27.7 Å². The van der Waals surface area contributed by atoms with E-state index in [9.17, 15) is 9.46 Å². The summed E-state index contributed by atoms with van der Waals surface area (Å²) in [6.45, 7) is 4.65. The van der Waals surface area contributed by atoms with Gasteiger partial charge in [-0.2, -0.15) is 0 Å². The molecule has 32 heavy (non-hydrogen) atoms. The van der Waals surface area contributed by atoms with E-state index in [2.05, 4.69) is 19.1 Å². The van der Waals surface area contributed by atoms with Crippen LogP contribution in [-0.2, 0) is 9.09 Å². The highest BCUT2D eigenvalue weighted by Gasteiger charge is 2.41. The van der Waals surface area contributed by atoms with E-state index in [1.807, 2.05) is 28.1 Å². The summed E-state index contributed by atoms with van der Waals surface area (Å²) in [7, 11) is 2.29. The molecule has 5 heteroatoms. The molecule has 1 N–H and O–H groups in total. The molecule has 192 valence electrons. The molecule has 0 aliphatic carbocycles. The Balaban J connectivity index is 3.57. The van der Waals surface area contributed by atoms with Crippen LogP contribution in [0.3, 0.4) is 0 Å². The summed E-state index contributed by atoms with van der Waals surface area (Å²) >= 11 is 0. The largest absolute Gasteiger partial charge is 0.385 e. The van der Waals surface area contributed by atoms with Gasteiger partial charge in [0.1, 0.15) is 0 Å². The van der Waals surface area contributed by atoms with Crippen molar-refractivity contribution in [2.24, 2.45) is 0 Å². The van der Waals surface area contributed by atoms with E-state index < -0.39 is 7.60 Å². The van der Waals surface area contributed by atoms with Crippen LogP contribution in [0.5, 0.6) is 0 Å². The van der Waals surface area contributed by atoms with Crippen molar-refractivity contribution in [2.75, 3.05) is 27.7 Å². The van der Waals surface area contributed by atoms with Gasteiger partial charge in [-0.15, -0.1) is 0 Å². The Kier molecular flexibility index (Phi) is 20.1. The minimum Gasteiger partial charge on any atom is -0.320 e. The average molecular weight is 475 g/mol. The van der Waals surface area contributed by atoms with Crippen LogP contribution in [0.1, 0.15) is 129 Å². The van der Waals surface area contributed by atoms with Gasteiger partial charge in [-0.05, 0) is 25.7 Å². The topological polar surface area (TPSA) is 46.5 Å². The van der Waals surface area contributed by atoms with Gasteiger partial charge in [-0.25, -0.2) is 0 Å². The molecule has 0 amide bonds. The standard InChI is InChI=1S/C27H56NO3P/c1-6-8-9-10-11-12-13-14-15-16-17-18-19-20-21-22-23-24-26-31-32(29,30)27(25-7-2)28(3,4)5/h22-23,27H,6-21,24-26H2,1-5H3/p+1/b23-22-. The second-order valence-corrected chi connectivity index (χ2v) is 12.4. The fourth-order valence-corrected chi connectivity index (χ4v) is 6.28. The molecule has 0 aromatic rings. The minimum atomic E-state index is -3.60. The third kappa shape index (κ3) is 18.3. The third-order valence-electron chi connectivity index (χ3n) is 6.27. The fraction of sp³-hybridized carbons (Fsp3) is 0.926. The second kappa shape index (κ2) is 20.2. The number of hydrogen-bond acceptors (Lipinski definition) is 2. The maximum Gasteiger partial charge on any atom is 0.385 e. The first kappa shape index (κ1) is 31.9. The Labute approximate surface area is 201 Å². The quantitative estimate of drug-likeness (QED) is 0.0696. The molecule has 0 fully saturated rings. The molecule has 0 spiro atoms. The zero-order chi connectivity index (χ0) is 24.1. The van der Waals surface area contributed by atoms with Crippen LogP contribution in [0, 0.1) is 0 Å². The van der Waals surface area contributed by atoms with E-state index in [4.69, 9.17) is 4.52 Å². The van der Waals surface area contributed by atoms with Gasteiger partial charge in [0.15, 0.2) is 5.78 Å². The van der Waals surface area contributed by atoms with Crippen molar-refractivity contribution in [3.63, 3.8) is 0 Å². The molecule has 2 unspecified atom stereocenters. The van der Waals surface area contributed by atoms with Gasteiger partial charge in [0.2, 0.25) is 0 Å². The van der Waals surface area contributed by atoms with Crippen LogP contribution in [0.2, 0.25) is 0 Å². The Morgan fingerprint density at radius 1 is 0.719 bits per heavy atom. The maximum absolute atomic E-state index is 12.6. The van der Waals surface area contributed by atoms with Crippen LogP contribution in [0.15, 0.2) is 12.2 Å². The van der Waals surface area contributed by atoms with Crippen molar-refractivity contribution in [1.29, 1.82) is 0 Å². The molecule has 0 heterocycles. The highest BCUT2D eigenvalue weighted by molar-refractivity contribution is 7.53. The van der Waals surface area contributed by atoms with E-state index in [-0.39, 0.29) is 5.78 Å². The monoisotopic (exact) mass is 474 g/mol. The molecule has 0 aliphatic heterocycles. The van der Waals surface area contributed by atoms with E-state index in [0.717, 1.165) is 12.8 Å². The van der Waals surface area contributed by atoms with Gasteiger partial charge in [-0.3, -0.25) is 4.57 Å². The molecule has 0 saturated carbocycles. The van der Waals surface area contributed by atoms with Gasteiger partial charge in [-0.1, -0.05) is 109 Å². The molecule has 2 atom stereocenters. The molecule has 4 nitrogen and oxygen atoms in total. The van der Waals surface area contributed by atoms with Crippen molar-refractivity contribution in [3.05, 3.63) is 12.2 Å². The van der Waals surface area contributed by atoms with Crippen LogP contribution in [0.4, 0.5) is 0 Å². The maximum atomic E-state index is 12.6. The first-order valence-electron chi connectivity index (χ1n) is 13.7. The molecular formula is C27H57NO3P+. The van der Waals surface area contributed by atoms with Crippen LogP contribution in [0.25, 0.3) is 0 Å². The highest BCUT2D eigenvalue weighted by Crippen LogP contribution is 2.51. The number of allylic oxidation sites excluding steroid dienone is 1. The second-order valence-electron chi connectivity index (χ2n) is 10.4. The SMILES string of the molecule is CCCCCCCCCCCCCCCC/C=C\CCOP(=O)(O)C(CCC)[N+](C)(C)C. The van der Waals surface area contributed by atoms with E-state index in [0.29, 0.717) is 23.9 Å². The number of rotatable bonds is 23. The number of nitrogens with zero attached hydrogens (tertiary/aromatic N) is 1. The van der Waals surface area contributed by atoms with E-state index in [1.54, 1.807) is 0 Å². The first-order valence-corrected chi connectivity index (χ1v) is 15.3. The molecule has 0 rings (SSSR count). The predicted octanol–water partition coefficient (Wildman–Crippen LogP) is 8.84. The van der Waals surface area contributed by atoms with Crippen molar-refractivity contribution in [2.45, 2.75) is 135 Å². The lowest BCUT2D eigenvalue weighted by Crippen LogP contribution is -2.45. The first-order chi connectivity index (χ1) is 15.3.